The lowest BCUT2D eigenvalue weighted by Crippen LogP contribution is -2.16. The van der Waals surface area contributed by atoms with Crippen LogP contribution in [0.15, 0.2) is 35.5 Å². The largest absolute Gasteiger partial charge is 0.372 e. The van der Waals surface area contributed by atoms with Crippen LogP contribution in [0, 0.1) is 0 Å². The number of para-hydroxylation sites is 1. The molecule has 0 aromatic heterocycles. The minimum absolute atomic E-state index is 0.518. The third-order valence-electron chi connectivity index (χ3n) is 1.55. The second kappa shape index (κ2) is 2.62. The molecule has 1 aliphatic heterocycles. The fourth-order valence-electron chi connectivity index (χ4n) is 0.980. The summed E-state index contributed by atoms with van der Waals surface area (Å²) in [6.07, 6.45) is 1.68. The van der Waals surface area contributed by atoms with Gasteiger partial charge in [-0.2, -0.15) is 0 Å². The number of hydrogen-bond acceptors (Lipinski definition) is 3. The van der Waals surface area contributed by atoms with Crippen molar-refractivity contribution in [1.82, 2.24) is 0 Å². The molecular formula is C8H8N2O. The maximum absolute atomic E-state index is 4.81. The van der Waals surface area contributed by atoms with Crippen molar-refractivity contribution < 1.29 is 4.84 Å². The van der Waals surface area contributed by atoms with Gasteiger partial charge in [-0.05, 0) is 12.1 Å². The zero-order valence-corrected chi connectivity index (χ0v) is 5.97. The Hall–Kier alpha value is -1.51. The SMILES string of the molecule is C1=NOCN1c1ccccc1. The number of oxime groups is 1. The summed E-state index contributed by atoms with van der Waals surface area (Å²) in [6.45, 7) is 0.518. The van der Waals surface area contributed by atoms with Crippen LogP contribution in [-0.4, -0.2) is 13.1 Å². The Kier molecular flexibility index (Phi) is 1.48. The Labute approximate surface area is 64.9 Å². The van der Waals surface area contributed by atoms with Crippen LogP contribution in [0.4, 0.5) is 5.69 Å². The molecule has 3 heteroatoms. The van der Waals surface area contributed by atoms with E-state index in [1.807, 2.05) is 35.2 Å². The molecule has 0 N–H and O–H groups in total. The number of rotatable bonds is 1. The third kappa shape index (κ3) is 1.17. The van der Waals surface area contributed by atoms with Crippen molar-refractivity contribution in [1.29, 1.82) is 0 Å². The van der Waals surface area contributed by atoms with Crippen LogP contribution >= 0.6 is 0 Å². The van der Waals surface area contributed by atoms with Crippen molar-refractivity contribution >= 4 is 12.0 Å². The monoisotopic (exact) mass is 148 g/mol. The van der Waals surface area contributed by atoms with Gasteiger partial charge in [-0.1, -0.05) is 23.4 Å². The first-order valence-electron chi connectivity index (χ1n) is 3.44. The van der Waals surface area contributed by atoms with Crippen molar-refractivity contribution in [3.63, 3.8) is 0 Å². The van der Waals surface area contributed by atoms with Crippen molar-refractivity contribution in [2.75, 3.05) is 11.6 Å². The van der Waals surface area contributed by atoms with E-state index in [0.717, 1.165) is 5.69 Å². The van der Waals surface area contributed by atoms with Gasteiger partial charge in [0.15, 0.2) is 6.73 Å². The predicted molar refractivity (Wildman–Crippen MR) is 43.4 cm³/mol. The van der Waals surface area contributed by atoms with E-state index in [1.54, 1.807) is 6.34 Å². The fraction of sp³-hybridized carbons (Fsp3) is 0.125. The Morgan fingerprint density at radius 3 is 2.73 bits per heavy atom. The van der Waals surface area contributed by atoms with Crippen LogP contribution in [0.25, 0.3) is 0 Å². The average molecular weight is 148 g/mol. The van der Waals surface area contributed by atoms with Gasteiger partial charge in [0, 0.05) is 5.69 Å². The molecule has 0 saturated carbocycles. The topological polar surface area (TPSA) is 24.8 Å². The second-order valence-corrected chi connectivity index (χ2v) is 2.28. The van der Waals surface area contributed by atoms with Crippen molar-refractivity contribution in [2.45, 2.75) is 0 Å². The highest BCUT2D eigenvalue weighted by molar-refractivity contribution is 5.79. The summed E-state index contributed by atoms with van der Waals surface area (Å²) < 4.78 is 0. The Morgan fingerprint density at radius 2 is 2.09 bits per heavy atom. The van der Waals surface area contributed by atoms with E-state index in [0.29, 0.717) is 6.73 Å². The first-order chi connectivity index (χ1) is 5.47. The molecule has 1 aliphatic rings. The molecule has 1 aromatic rings. The van der Waals surface area contributed by atoms with Crippen LogP contribution in [0.3, 0.4) is 0 Å². The van der Waals surface area contributed by atoms with E-state index in [2.05, 4.69) is 5.16 Å². The van der Waals surface area contributed by atoms with Gasteiger partial charge in [-0.3, -0.25) is 4.90 Å². The molecule has 1 aromatic carbocycles. The zero-order valence-electron chi connectivity index (χ0n) is 5.97. The molecule has 0 atom stereocenters. The maximum atomic E-state index is 4.81. The average Bonchev–Trinajstić information content (AvgIpc) is 2.58. The third-order valence-corrected chi connectivity index (χ3v) is 1.55. The van der Waals surface area contributed by atoms with E-state index in [-0.39, 0.29) is 0 Å². The molecule has 1 heterocycles. The lowest BCUT2D eigenvalue weighted by Gasteiger charge is -2.10. The molecule has 0 fully saturated rings. The molecule has 0 radical (unpaired) electrons. The molecule has 0 amide bonds. The highest BCUT2D eigenvalue weighted by Gasteiger charge is 2.06. The first-order valence-corrected chi connectivity index (χ1v) is 3.44. The highest BCUT2D eigenvalue weighted by Crippen LogP contribution is 2.13. The maximum Gasteiger partial charge on any atom is 0.194 e. The first kappa shape index (κ1) is 6.22. The van der Waals surface area contributed by atoms with E-state index in [9.17, 15) is 0 Å². The van der Waals surface area contributed by atoms with Crippen LogP contribution in [0.2, 0.25) is 0 Å². The van der Waals surface area contributed by atoms with Crippen LogP contribution in [0.5, 0.6) is 0 Å². The van der Waals surface area contributed by atoms with E-state index < -0.39 is 0 Å². The summed E-state index contributed by atoms with van der Waals surface area (Å²) in [7, 11) is 0. The van der Waals surface area contributed by atoms with Gasteiger partial charge in [-0.15, -0.1) is 0 Å². The van der Waals surface area contributed by atoms with Gasteiger partial charge in [0.05, 0.1) is 0 Å². The van der Waals surface area contributed by atoms with Crippen LogP contribution < -0.4 is 4.90 Å². The lowest BCUT2D eigenvalue weighted by molar-refractivity contribution is 0.174. The Balaban J connectivity index is 2.23. The molecule has 0 spiro atoms. The molecule has 11 heavy (non-hydrogen) atoms. The normalized spacial score (nSPS) is 15.1. The molecule has 0 bridgehead atoms. The minimum atomic E-state index is 0.518. The van der Waals surface area contributed by atoms with Gasteiger partial charge in [0.2, 0.25) is 0 Å². The van der Waals surface area contributed by atoms with Crippen molar-refractivity contribution in [2.24, 2.45) is 5.16 Å². The second-order valence-electron chi connectivity index (χ2n) is 2.28. The van der Waals surface area contributed by atoms with Crippen molar-refractivity contribution in [3.8, 4) is 0 Å². The Bertz CT molecular complexity index is 258. The summed E-state index contributed by atoms with van der Waals surface area (Å²) in [5.74, 6) is 0. The Morgan fingerprint density at radius 1 is 1.27 bits per heavy atom. The number of benzene rings is 1. The zero-order chi connectivity index (χ0) is 7.52. The van der Waals surface area contributed by atoms with Gasteiger partial charge in [0.1, 0.15) is 6.34 Å². The van der Waals surface area contributed by atoms with Gasteiger partial charge in [-0.25, -0.2) is 0 Å². The van der Waals surface area contributed by atoms with E-state index in [1.165, 1.54) is 0 Å². The molecule has 0 unspecified atom stereocenters. The minimum Gasteiger partial charge on any atom is -0.372 e. The summed E-state index contributed by atoms with van der Waals surface area (Å²) >= 11 is 0. The summed E-state index contributed by atoms with van der Waals surface area (Å²) in [4.78, 5) is 6.74. The summed E-state index contributed by atoms with van der Waals surface area (Å²) in [5.41, 5.74) is 1.11. The molecule has 56 valence electrons. The van der Waals surface area contributed by atoms with Crippen LogP contribution in [-0.2, 0) is 4.84 Å². The number of hydrogen-bond donors (Lipinski definition) is 0. The molecule has 3 nitrogen and oxygen atoms in total. The molecule has 2 rings (SSSR count). The summed E-state index contributed by atoms with van der Waals surface area (Å²) in [5, 5.41) is 3.64. The van der Waals surface area contributed by atoms with Gasteiger partial charge < -0.3 is 4.84 Å². The van der Waals surface area contributed by atoms with Crippen molar-refractivity contribution in [3.05, 3.63) is 30.3 Å². The van der Waals surface area contributed by atoms with Crippen LogP contribution in [0.1, 0.15) is 0 Å². The predicted octanol–water partition coefficient (Wildman–Crippen LogP) is 1.42. The van der Waals surface area contributed by atoms with Gasteiger partial charge in [0.25, 0.3) is 0 Å². The molecule has 0 aliphatic carbocycles. The molecule has 0 saturated heterocycles. The highest BCUT2D eigenvalue weighted by atomic mass is 16.6. The number of anilines is 1. The fourth-order valence-corrected chi connectivity index (χ4v) is 0.980. The quantitative estimate of drug-likeness (QED) is 0.601. The lowest BCUT2D eigenvalue weighted by atomic mass is 10.3. The summed E-state index contributed by atoms with van der Waals surface area (Å²) in [6, 6.07) is 9.99. The van der Waals surface area contributed by atoms with Gasteiger partial charge >= 0.3 is 0 Å². The van der Waals surface area contributed by atoms with E-state index in [4.69, 9.17) is 4.84 Å². The molecular weight excluding hydrogens is 140 g/mol. The van der Waals surface area contributed by atoms with E-state index >= 15 is 0 Å². The number of nitrogens with zero attached hydrogens (tertiary/aromatic N) is 2. The smallest absolute Gasteiger partial charge is 0.194 e. The standard InChI is InChI=1S/C8H8N2O/c1-2-4-8(5-3-1)10-6-9-11-7-10/h1-6H,7H2.